The topological polar surface area (TPSA) is 172 Å². The van der Waals surface area contributed by atoms with E-state index in [1.54, 1.807) is 0 Å². The summed E-state index contributed by atoms with van der Waals surface area (Å²) < 4.78 is 32.6. The van der Waals surface area contributed by atoms with Crippen LogP contribution in [0.2, 0.25) is 0 Å². The molecular formula is C40H76NO10P. The Kier molecular flexibility index (Phi) is 35.0. The second-order valence-corrected chi connectivity index (χ2v) is 15.6. The molecule has 0 aromatic carbocycles. The van der Waals surface area contributed by atoms with Crippen LogP contribution < -0.4 is 5.73 Å². The molecular weight excluding hydrogens is 685 g/mol. The van der Waals surface area contributed by atoms with Crippen LogP contribution in [-0.2, 0) is 37.5 Å². The van der Waals surface area contributed by atoms with Gasteiger partial charge >= 0.3 is 25.7 Å². The first-order valence-electron chi connectivity index (χ1n) is 20.7. The minimum Gasteiger partial charge on any atom is -0.480 e. The van der Waals surface area contributed by atoms with Crippen molar-refractivity contribution in [1.82, 2.24) is 0 Å². The maximum absolute atomic E-state index is 12.6. The van der Waals surface area contributed by atoms with Crippen LogP contribution in [0.3, 0.4) is 0 Å². The lowest BCUT2D eigenvalue weighted by molar-refractivity contribution is -0.161. The molecule has 0 aromatic heterocycles. The highest BCUT2D eigenvalue weighted by molar-refractivity contribution is 7.47. The highest BCUT2D eigenvalue weighted by Gasteiger charge is 2.28. The van der Waals surface area contributed by atoms with Gasteiger partial charge in [0.25, 0.3) is 0 Å². The number of esters is 2. The normalized spacial score (nSPS) is 13.9. The Morgan fingerprint density at radius 1 is 0.577 bits per heavy atom. The number of allylic oxidation sites excluding steroid dienone is 2. The molecule has 0 spiro atoms. The summed E-state index contributed by atoms with van der Waals surface area (Å²) in [4.78, 5) is 45.8. The molecule has 0 aliphatic heterocycles. The molecule has 0 aliphatic rings. The zero-order valence-corrected chi connectivity index (χ0v) is 33.8. The molecule has 0 heterocycles. The van der Waals surface area contributed by atoms with Crippen molar-refractivity contribution >= 4 is 25.7 Å². The molecule has 1 unspecified atom stereocenters. The van der Waals surface area contributed by atoms with E-state index in [9.17, 15) is 23.8 Å². The number of carboxylic acid groups (broad SMARTS) is 1. The molecule has 0 radical (unpaired) electrons. The molecule has 0 amide bonds. The third kappa shape index (κ3) is 35.3. The quantitative estimate of drug-likeness (QED) is 0.0235. The van der Waals surface area contributed by atoms with Crippen molar-refractivity contribution in [2.75, 3.05) is 19.8 Å². The number of ether oxygens (including phenoxy) is 2. The number of carbonyl (C=O) groups excluding carboxylic acids is 2. The largest absolute Gasteiger partial charge is 0.480 e. The summed E-state index contributed by atoms with van der Waals surface area (Å²) in [6, 6.07) is -1.52. The highest BCUT2D eigenvalue weighted by Crippen LogP contribution is 2.43. The van der Waals surface area contributed by atoms with Crippen LogP contribution >= 0.6 is 7.82 Å². The number of carbonyl (C=O) groups is 3. The van der Waals surface area contributed by atoms with Crippen molar-refractivity contribution in [1.29, 1.82) is 0 Å². The van der Waals surface area contributed by atoms with Crippen molar-refractivity contribution in [3.8, 4) is 0 Å². The van der Waals surface area contributed by atoms with E-state index in [2.05, 4.69) is 30.5 Å². The molecule has 306 valence electrons. The van der Waals surface area contributed by atoms with Gasteiger partial charge in [-0.3, -0.25) is 23.4 Å². The van der Waals surface area contributed by atoms with Crippen LogP contribution in [0.5, 0.6) is 0 Å². The van der Waals surface area contributed by atoms with Gasteiger partial charge in [-0.2, -0.15) is 0 Å². The summed E-state index contributed by atoms with van der Waals surface area (Å²) in [5.41, 5.74) is 5.32. The van der Waals surface area contributed by atoms with Gasteiger partial charge in [-0.05, 0) is 38.5 Å². The second kappa shape index (κ2) is 36.2. The van der Waals surface area contributed by atoms with E-state index in [0.717, 1.165) is 57.8 Å². The van der Waals surface area contributed by atoms with Gasteiger partial charge in [-0.1, -0.05) is 154 Å². The summed E-state index contributed by atoms with van der Waals surface area (Å²) in [6.07, 6.45) is 34.2. The van der Waals surface area contributed by atoms with Crippen molar-refractivity contribution in [3.05, 3.63) is 12.2 Å². The van der Waals surface area contributed by atoms with E-state index in [-0.39, 0.29) is 19.4 Å². The number of phosphoric ester groups is 1. The maximum atomic E-state index is 12.6. The lowest BCUT2D eigenvalue weighted by Crippen LogP contribution is -2.34. The number of hydrogen-bond donors (Lipinski definition) is 3. The van der Waals surface area contributed by atoms with Crippen LogP contribution in [0.15, 0.2) is 12.2 Å². The van der Waals surface area contributed by atoms with Crippen LogP contribution in [0.4, 0.5) is 0 Å². The number of carboxylic acids is 1. The zero-order valence-electron chi connectivity index (χ0n) is 32.9. The van der Waals surface area contributed by atoms with Gasteiger partial charge in [-0.25, -0.2) is 4.57 Å². The molecule has 4 N–H and O–H groups in total. The monoisotopic (exact) mass is 762 g/mol. The predicted molar refractivity (Wildman–Crippen MR) is 208 cm³/mol. The van der Waals surface area contributed by atoms with Gasteiger partial charge in [-0.15, -0.1) is 0 Å². The Hall–Kier alpha value is -1.78. The molecule has 0 rings (SSSR count). The zero-order chi connectivity index (χ0) is 38.5. The minimum absolute atomic E-state index is 0.165. The van der Waals surface area contributed by atoms with Crippen molar-refractivity contribution in [2.45, 2.75) is 206 Å². The number of phosphoric acid groups is 1. The van der Waals surface area contributed by atoms with Gasteiger partial charge in [0.05, 0.1) is 13.2 Å². The average Bonchev–Trinajstić information content (AvgIpc) is 3.12. The summed E-state index contributed by atoms with van der Waals surface area (Å²) in [7, 11) is -4.71. The maximum Gasteiger partial charge on any atom is 0.472 e. The molecule has 0 aromatic rings. The third-order valence-corrected chi connectivity index (χ3v) is 9.96. The first kappa shape index (κ1) is 50.2. The summed E-state index contributed by atoms with van der Waals surface area (Å²) in [5.74, 6) is -2.38. The number of hydrogen-bond acceptors (Lipinski definition) is 9. The fourth-order valence-electron chi connectivity index (χ4n) is 5.71. The predicted octanol–water partition coefficient (Wildman–Crippen LogP) is 10.5. The lowest BCUT2D eigenvalue weighted by Gasteiger charge is -2.20. The van der Waals surface area contributed by atoms with E-state index < -0.39 is 51.1 Å². The van der Waals surface area contributed by atoms with Gasteiger partial charge < -0.3 is 25.2 Å². The highest BCUT2D eigenvalue weighted by atomic mass is 31.2. The molecule has 52 heavy (non-hydrogen) atoms. The van der Waals surface area contributed by atoms with Crippen LogP contribution in [0.25, 0.3) is 0 Å². The van der Waals surface area contributed by atoms with Gasteiger partial charge in [0.15, 0.2) is 6.10 Å². The Morgan fingerprint density at radius 2 is 0.962 bits per heavy atom. The molecule has 0 saturated carbocycles. The Labute approximate surface area is 316 Å². The first-order chi connectivity index (χ1) is 25.1. The van der Waals surface area contributed by atoms with E-state index in [4.69, 9.17) is 24.8 Å². The van der Waals surface area contributed by atoms with Crippen LogP contribution in [0, 0.1) is 0 Å². The average molecular weight is 762 g/mol. The molecule has 0 aliphatic carbocycles. The Bertz CT molecular complexity index is 947. The van der Waals surface area contributed by atoms with Gasteiger partial charge in [0.1, 0.15) is 12.6 Å². The molecule has 3 atom stereocenters. The first-order valence-corrected chi connectivity index (χ1v) is 22.2. The Morgan fingerprint density at radius 3 is 1.44 bits per heavy atom. The second-order valence-electron chi connectivity index (χ2n) is 14.1. The van der Waals surface area contributed by atoms with Crippen LogP contribution in [-0.4, -0.2) is 59.9 Å². The smallest absolute Gasteiger partial charge is 0.472 e. The third-order valence-electron chi connectivity index (χ3n) is 9.01. The van der Waals surface area contributed by atoms with Gasteiger partial charge in [0, 0.05) is 12.8 Å². The van der Waals surface area contributed by atoms with E-state index in [0.29, 0.717) is 12.8 Å². The van der Waals surface area contributed by atoms with Crippen molar-refractivity contribution in [3.63, 3.8) is 0 Å². The fraction of sp³-hybridized carbons (Fsp3) is 0.875. The lowest BCUT2D eigenvalue weighted by atomic mass is 10.0. The van der Waals surface area contributed by atoms with E-state index in [1.807, 2.05) is 0 Å². The number of rotatable bonds is 39. The standard InChI is InChI=1S/C40H76NO10P/c1-3-5-7-9-11-13-15-17-18-19-20-22-24-26-28-30-32-39(43)51-36(34-49-52(46,47)50-35-37(41)40(44)45)33-48-38(42)31-29-27-25-23-21-16-14-12-10-8-6-4-2/h12,14,36-37H,3-11,13,15-35,41H2,1-2H3,(H,44,45)(H,46,47)/b14-12-/t36-,37+/m1/s1. The molecule has 0 saturated heterocycles. The molecule has 0 fully saturated rings. The molecule has 11 nitrogen and oxygen atoms in total. The summed E-state index contributed by atoms with van der Waals surface area (Å²) in [5, 5.41) is 8.87. The fourth-order valence-corrected chi connectivity index (χ4v) is 6.48. The minimum atomic E-state index is -4.71. The van der Waals surface area contributed by atoms with Crippen molar-refractivity contribution in [2.24, 2.45) is 5.73 Å². The van der Waals surface area contributed by atoms with Gasteiger partial charge in [0.2, 0.25) is 0 Å². The van der Waals surface area contributed by atoms with Crippen molar-refractivity contribution < 1.29 is 47.5 Å². The van der Waals surface area contributed by atoms with Crippen LogP contribution in [0.1, 0.15) is 194 Å². The number of aliphatic carboxylic acids is 1. The number of unbranched alkanes of at least 4 members (excludes halogenated alkanes) is 23. The Balaban J connectivity index is 4.37. The molecule has 12 heteroatoms. The van der Waals surface area contributed by atoms with E-state index >= 15 is 0 Å². The summed E-state index contributed by atoms with van der Waals surface area (Å²) in [6.45, 7) is 2.78. The van der Waals surface area contributed by atoms with E-state index in [1.165, 1.54) is 96.3 Å². The molecule has 0 bridgehead atoms. The number of nitrogens with two attached hydrogens (primary N) is 1. The summed E-state index contributed by atoms with van der Waals surface area (Å²) >= 11 is 0. The SMILES string of the molecule is CCCCC/C=C\CCCCCCCC(=O)OC[C@H](COP(=O)(O)OC[C@H](N)C(=O)O)OC(=O)CCCCCCCCCCCCCCCCCC.